The molecule has 2 aromatic carbocycles. The van der Waals surface area contributed by atoms with Gasteiger partial charge in [-0.05, 0) is 49.6 Å². The average Bonchev–Trinajstić information content (AvgIpc) is 3.31. The van der Waals surface area contributed by atoms with Crippen LogP contribution >= 0.6 is 11.6 Å². The normalized spacial score (nSPS) is 21.2. The van der Waals surface area contributed by atoms with Crippen LogP contribution in [0.15, 0.2) is 51.7 Å². The lowest BCUT2D eigenvalue weighted by molar-refractivity contribution is 0.0486. The molecule has 2 aliphatic heterocycles. The third-order valence-electron chi connectivity index (χ3n) is 5.71. The van der Waals surface area contributed by atoms with Crippen molar-refractivity contribution in [2.75, 3.05) is 13.2 Å². The number of halogens is 1. The maximum Gasteiger partial charge on any atom is 0.291 e. The molecule has 1 saturated heterocycles. The summed E-state index contributed by atoms with van der Waals surface area (Å²) in [6, 6.07) is 12.2. The summed E-state index contributed by atoms with van der Waals surface area (Å²) < 4.78 is 11.7. The van der Waals surface area contributed by atoms with Crippen LogP contribution in [0.3, 0.4) is 0 Å². The fourth-order valence-electron chi connectivity index (χ4n) is 4.35. The number of ether oxygens (including phenoxy) is 1. The lowest BCUT2D eigenvalue weighted by Crippen LogP contribution is -2.36. The standard InChI is InChI=1S/C23H20ClNO4/c1-13-7-8-18-17(10-13)21(26)19-20(14-4-2-5-15(24)11-14)25(23(27)22(19)29-18)12-16-6-3-9-28-16/h2,4-5,7-8,10-11,16,20H,3,6,9,12H2,1H3/t16-,20+/m0/s1. The van der Waals surface area contributed by atoms with Crippen LogP contribution in [0, 0.1) is 6.92 Å². The Morgan fingerprint density at radius 3 is 2.79 bits per heavy atom. The number of carbonyl (C=O) groups excluding carboxylic acids is 1. The Balaban J connectivity index is 1.72. The van der Waals surface area contributed by atoms with Crippen molar-refractivity contribution in [2.24, 2.45) is 0 Å². The Labute approximate surface area is 172 Å². The molecule has 3 aromatic rings. The Hall–Kier alpha value is -2.63. The Kier molecular flexibility index (Phi) is 4.45. The Morgan fingerprint density at radius 1 is 1.17 bits per heavy atom. The predicted octanol–water partition coefficient (Wildman–Crippen LogP) is 4.48. The molecule has 0 spiro atoms. The van der Waals surface area contributed by atoms with Crippen molar-refractivity contribution in [1.29, 1.82) is 0 Å². The smallest absolute Gasteiger partial charge is 0.291 e. The molecule has 0 N–H and O–H groups in total. The third kappa shape index (κ3) is 3.05. The second-order valence-electron chi connectivity index (χ2n) is 7.72. The van der Waals surface area contributed by atoms with E-state index < -0.39 is 6.04 Å². The summed E-state index contributed by atoms with van der Waals surface area (Å²) in [5.41, 5.74) is 2.40. The second-order valence-corrected chi connectivity index (χ2v) is 8.16. The van der Waals surface area contributed by atoms with Crippen LogP contribution in [0.5, 0.6) is 0 Å². The molecule has 5 nitrogen and oxygen atoms in total. The van der Waals surface area contributed by atoms with Crippen molar-refractivity contribution in [1.82, 2.24) is 4.90 Å². The van der Waals surface area contributed by atoms with Crippen molar-refractivity contribution in [3.8, 4) is 0 Å². The molecule has 1 aromatic heterocycles. The zero-order valence-corrected chi connectivity index (χ0v) is 16.7. The van der Waals surface area contributed by atoms with E-state index in [2.05, 4.69) is 0 Å². The minimum atomic E-state index is -0.540. The summed E-state index contributed by atoms with van der Waals surface area (Å²) in [5.74, 6) is -0.158. The first-order chi connectivity index (χ1) is 14.0. The number of amides is 1. The summed E-state index contributed by atoms with van der Waals surface area (Å²) >= 11 is 6.23. The van der Waals surface area contributed by atoms with E-state index in [1.165, 1.54) is 0 Å². The zero-order valence-electron chi connectivity index (χ0n) is 16.0. The molecule has 3 heterocycles. The molecule has 29 heavy (non-hydrogen) atoms. The molecule has 0 unspecified atom stereocenters. The highest BCUT2D eigenvalue weighted by Gasteiger charge is 2.43. The van der Waals surface area contributed by atoms with Crippen LogP contribution in [0.2, 0.25) is 5.02 Å². The number of rotatable bonds is 3. The van der Waals surface area contributed by atoms with Gasteiger partial charge >= 0.3 is 0 Å². The van der Waals surface area contributed by atoms with Gasteiger partial charge in [0, 0.05) is 18.2 Å². The van der Waals surface area contributed by atoms with Gasteiger partial charge in [0.25, 0.3) is 5.91 Å². The second kappa shape index (κ2) is 7.01. The zero-order chi connectivity index (χ0) is 20.1. The fraction of sp³-hybridized carbons (Fsp3) is 0.304. The van der Waals surface area contributed by atoms with Crippen LogP contribution in [0.25, 0.3) is 11.0 Å². The van der Waals surface area contributed by atoms with Crippen molar-refractivity contribution in [3.63, 3.8) is 0 Å². The van der Waals surface area contributed by atoms with E-state index >= 15 is 0 Å². The van der Waals surface area contributed by atoms with Gasteiger partial charge in [0.2, 0.25) is 5.76 Å². The number of benzene rings is 2. The number of hydrogen-bond donors (Lipinski definition) is 0. The van der Waals surface area contributed by atoms with Gasteiger partial charge in [-0.1, -0.05) is 35.4 Å². The van der Waals surface area contributed by atoms with Crippen molar-refractivity contribution >= 4 is 28.5 Å². The Morgan fingerprint density at radius 2 is 2.03 bits per heavy atom. The summed E-state index contributed by atoms with van der Waals surface area (Å²) in [6.07, 6.45) is 1.83. The van der Waals surface area contributed by atoms with Crippen LogP contribution in [0.4, 0.5) is 0 Å². The van der Waals surface area contributed by atoms with E-state index in [-0.39, 0.29) is 23.2 Å². The van der Waals surface area contributed by atoms with Gasteiger partial charge in [-0.3, -0.25) is 9.59 Å². The average molecular weight is 410 g/mol. The molecule has 0 aliphatic carbocycles. The summed E-state index contributed by atoms with van der Waals surface area (Å²) in [7, 11) is 0. The molecular weight excluding hydrogens is 390 g/mol. The van der Waals surface area contributed by atoms with E-state index in [1.807, 2.05) is 31.2 Å². The summed E-state index contributed by atoms with van der Waals surface area (Å²) in [5, 5.41) is 1.05. The molecule has 5 rings (SSSR count). The fourth-order valence-corrected chi connectivity index (χ4v) is 4.55. The number of fused-ring (bicyclic) bond motifs is 2. The maximum absolute atomic E-state index is 13.5. The van der Waals surface area contributed by atoms with E-state index in [9.17, 15) is 9.59 Å². The summed E-state index contributed by atoms with van der Waals surface area (Å²) in [6.45, 7) is 3.03. The molecule has 148 valence electrons. The maximum atomic E-state index is 13.5. The van der Waals surface area contributed by atoms with E-state index in [0.29, 0.717) is 34.7 Å². The first kappa shape index (κ1) is 18.4. The van der Waals surface area contributed by atoms with Gasteiger partial charge in [-0.15, -0.1) is 0 Å². The van der Waals surface area contributed by atoms with Gasteiger partial charge in [0.1, 0.15) is 5.58 Å². The van der Waals surface area contributed by atoms with E-state index in [4.69, 9.17) is 20.8 Å². The number of nitrogens with zero attached hydrogens (tertiary/aromatic N) is 1. The lowest BCUT2D eigenvalue weighted by Gasteiger charge is -2.27. The molecule has 2 aliphatic rings. The molecule has 1 amide bonds. The first-order valence-electron chi connectivity index (χ1n) is 9.78. The SMILES string of the molecule is Cc1ccc2oc3c(c(=O)c2c1)[C@@H](c1cccc(Cl)c1)N(C[C@@H]1CCCO1)C3=O. The highest BCUT2D eigenvalue weighted by atomic mass is 35.5. The molecule has 2 atom stereocenters. The third-order valence-corrected chi connectivity index (χ3v) is 5.95. The van der Waals surface area contributed by atoms with Crippen LogP contribution < -0.4 is 5.43 Å². The molecule has 0 radical (unpaired) electrons. The van der Waals surface area contributed by atoms with Gasteiger partial charge < -0.3 is 14.1 Å². The van der Waals surface area contributed by atoms with Gasteiger partial charge in [0.15, 0.2) is 5.43 Å². The van der Waals surface area contributed by atoms with Crippen LogP contribution in [-0.2, 0) is 4.74 Å². The highest BCUT2D eigenvalue weighted by Crippen LogP contribution is 2.39. The largest absolute Gasteiger partial charge is 0.450 e. The molecular formula is C23H20ClNO4. The van der Waals surface area contributed by atoms with Crippen molar-refractivity contribution in [3.05, 3.63) is 80.2 Å². The van der Waals surface area contributed by atoms with Crippen molar-refractivity contribution < 1.29 is 13.9 Å². The minimum Gasteiger partial charge on any atom is -0.450 e. The lowest BCUT2D eigenvalue weighted by atomic mass is 9.98. The number of aryl methyl sites for hydroxylation is 1. The minimum absolute atomic E-state index is 0.0401. The van der Waals surface area contributed by atoms with Crippen LogP contribution in [0.1, 0.15) is 46.1 Å². The monoisotopic (exact) mass is 409 g/mol. The van der Waals surface area contributed by atoms with Gasteiger partial charge in [0.05, 0.1) is 23.1 Å². The molecule has 6 heteroatoms. The first-order valence-corrected chi connectivity index (χ1v) is 10.2. The van der Waals surface area contributed by atoms with Gasteiger partial charge in [-0.25, -0.2) is 0 Å². The number of carbonyl (C=O) groups is 1. The molecule has 0 bridgehead atoms. The van der Waals surface area contributed by atoms with Gasteiger partial charge in [-0.2, -0.15) is 0 Å². The molecule has 0 saturated carbocycles. The summed E-state index contributed by atoms with van der Waals surface area (Å²) in [4.78, 5) is 28.5. The van der Waals surface area contributed by atoms with Crippen LogP contribution in [-0.4, -0.2) is 30.1 Å². The topological polar surface area (TPSA) is 59.8 Å². The van der Waals surface area contributed by atoms with E-state index in [1.54, 1.807) is 23.1 Å². The highest BCUT2D eigenvalue weighted by molar-refractivity contribution is 6.30. The van der Waals surface area contributed by atoms with E-state index in [0.717, 1.165) is 24.0 Å². The number of hydrogen-bond acceptors (Lipinski definition) is 4. The molecule has 1 fully saturated rings. The quantitative estimate of drug-likeness (QED) is 0.640. The van der Waals surface area contributed by atoms with Crippen molar-refractivity contribution in [2.45, 2.75) is 31.9 Å². The predicted molar refractivity (Wildman–Crippen MR) is 111 cm³/mol. The Bertz CT molecular complexity index is 1180.